The molecule has 1 saturated heterocycles. The molecule has 0 bridgehead atoms. The zero-order valence-corrected chi connectivity index (χ0v) is 11.5. The van der Waals surface area contributed by atoms with E-state index in [0.29, 0.717) is 37.2 Å². The summed E-state index contributed by atoms with van der Waals surface area (Å²) in [6.07, 6.45) is 0.259. The Labute approximate surface area is 118 Å². The lowest BCUT2D eigenvalue weighted by Crippen LogP contribution is -2.45. The maximum absolute atomic E-state index is 12.2. The van der Waals surface area contributed by atoms with Crippen LogP contribution < -0.4 is 4.74 Å². The van der Waals surface area contributed by atoms with Gasteiger partial charge in [0.2, 0.25) is 0 Å². The second-order valence-corrected chi connectivity index (χ2v) is 4.92. The summed E-state index contributed by atoms with van der Waals surface area (Å²) in [5, 5.41) is 18.4. The van der Waals surface area contributed by atoms with Crippen molar-refractivity contribution in [3.8, 4) is 11.8 Å². The third-order valence-corrected chi connectivity index (χ3v) is 3.44. The first-order valence-electron chi connectivity index (χ1n) is 6.74. The first kappa shape index (κ1) is 14.4. The summed E-state index contributed by atoms with van der Waals surface area (Å²) in [5.74, 6) is 0.317. The van der Waals surface area contributed by atoms with Crippen molar-refractivity contribution >= 4 is 5.91 Å². The lowest BCUT2D eigenvalue weighted by molar-refractivity contribution is -0.139. The van der Waals surface area contributed by atoms with Gasteiger partial charge in [0.05, 0.1) is 11.7 Å². The molecule has 1 atom stereocenters. The zero-order valence-electron chi connectivity index (χ0n) is 11.5. The molecule has 1 heterocycles. The monoisotopic (exact) mass is 274 g/mol. The van der Waals surface area contributed by atoms with Gasteiger partial charge < -0.3 is 14.7 Å². The van der Waals surface area contributed by atoms with E-state index in [4.69, 9.17) is 10.00 Å². The molecule has 5 heteroatoms. The fourth-order valence-electron chi connectivity index (χ4n) is 2.25. The van der Waals surface area contributed by atoms with Crippen molar-refractivity contribution in [2.24, 2.45) is 0 Å². The number of aliphatic hydroxyl groups excluding tert-OH is 1. The molecule has 0 saturated carbocycles. The van der Waals surface area contributed by atoms with Gasteiger partial charge in [-0.1, -0.05) is 12.1 Å². The van der Waals surface area contributed by atoms with Crippen LogP contribution in [0.4, 0.5) is 0 Å². The van der Waals surface area contributed by atoms with E-state index in [9.17, 15) is 9.90 Å². The number of likely N-dealkylation sites (tertiary alicyclic amines) is 1. The largest absolute Gasteiger partial charge is 0.480 e. The van der Waals surface area contributed by atoms with Gasteiger partial charge in [0, 0.05) is 13.1 Å². The molecule has 0 radical (unpaired) electrons. The highest BCUT2D eigenvalue weighted by atomic mass is 16.5. The topological polar surface area (TPSA) is 73.6 Å². The molecule has 0 spiro atoms. The number of amides is 1. The van der Waals surface area contributed by atoms with Crippen molar-refractivity contribution in [1.29, 1.82) is 5.26 Å². The molecule has 1 amide bonds. The predicted molar refractivity (Wildman–Crippen MR) is 73.1 cm³/mol. The molecule has 1 aliphatic rings. The molecular weight excluding hydrogens is 256 g/mol. The highest BCUT2D eigenvalue weighted by molar-refractivity contribution is 5.81. The van der Waals surface area contributed by atoms with Crippen LogP contribution in [-0.2, 0) is 4.79 Å². The van der Waals surface area contributed by atoms with Gasteiger partial charge in [-0.2, -0.15) is 5.26 Å². The normalized spacial score (nSPS) is 17.4. The molecule has 1 fully saturated rings. The Morgan fingerprint density at radius 2 is 2.10 bits per heavy atom. The maximum atomic E-state index is 12.2. The SMILES string of the molecule is CC(Oc1ccccc1C#N)C(=O)N1CCC(O)CC1. The van der Waals surface area contributed by atoms with E-state index in [0.717, 1.165) is 0 Å². The quantitative estimate of drug-likeness (QED) is 0.902. The average Bonchev–Trinajstić information content (AvgIpc) is 2.48. The van der Waals surface area contributed by atoms with Gasteiger partial charge in [-0.15, -0.1) is 0 Å². The van der Waals surface area contributed by atoms with Crippen LogP contribution >= 0.6 is 0 Å². The number of nitriles is 1. The Kier molecular flexibility index (Phi) is 4.59. The van der Waals surface area contributed by atoms with E-state index in [2.05, 4.69) is 0 Å². The highest BCUT2D eigenvalue weighted by Crippen LogP contribution is 2.19. The summed E-state index contributed by atoms with van der Waals surface area (Å²) < 4.78 is 5.60. The van der Waals surface area contributed by atoms with Gasteiger partial charge in [-0.25, -0.2) is 0 Å². The van der Waals surface area contributed by atoms with Crippen LogP contribution in [0.3, 0.4) is 0 Å². The summed E-state index contributed by atoms with van der Waals surface area (Å²) in [6, 6.07) is 8.90. The van der Waals surface area contributed by atoms with Crippen LogP contribution in [0.15, 0.2) is 24.3 Å². The van der Waals surface area contributed by atoms with Crippen molar-refractivity contribution in [1.82, 2.24) is 4.90 Å². The van der Waals surface area contributed by atoms with E-state index >= 15 is 0 Å². The van der Waals surface area contributed by atoms with E-state index < -0.39 is 6.10 Å². The minimum absolute atomic E-state index is 0.107. The third-order valence-electron chi connectivity index (χ3n) is 3.44. The number of ether oxygens (including phenoxy) is 1. The van der Waals surface area contributed by atoms with E-state index in [1.807, 2.05) is 6.07 Å². The number of aliphatic hydroxyl groups is 1. The highest BCUT2D eigenvalue weighted by Gasteiger charge is 2.26. The molecule has 5 nitrogen and oxygen atoms in total. The van der Waals surface area contributed by atoms with Crippen LogP contribution in [0.5, 0.6) is 5.75 Å². The van der Waals surface area contributed by atoms with E-state index in [1.165, 1.54) is 0 Å². The molecule has 1 unspecified atom stereocenters. The number of carbonyl (C=O) groups excluding carboxylic acids is 1. The van der Waals surface area contributed by atoms with Crippen LogP contribution in [0.2, 0.25) is 0 Å². The Hall–Kier alpha value is -2.06. The van der Waals surface area contributed by atoms with Gasteiger partial charge in [0.15, 0.2) is 6.10 Å². The molecule has 1 aromatic carbocycles. The maximum Gasteiger partial charge on any atom is 0.263 e. The Bertz CT molecular complexity index is 516. The molecule has 2 rings (SSSR count). The van der Waals surface area contributed by atoms with Gasteiger partial charge in [0.25, 0.3) is 5.91 Å². The summed E-state index contributed by atoms with van der Waals surface area (Å²) in [4.78, 5) is 13.9. The number of piperidine rings is 1. The first-order valence-corrected chi connectivity index (χ1v) is 6.74. The fraction of sp³-hybridized carbons (Fsp3) is 0.467. The summed E-state index contributed by atoms with van der Waals surface area (Å²) >= 11 is 0. The fourth-order valence-corrected chi connectivity index (χ4v) is 2.25. The Balaban J connectivity index is 1.99. The predicted octanol–water partition coefficient (Wildman–Crippen LogP) is 1.31. The summed E-state index contributed by atoms with van der Waals surface area (Å²) in [5.41, 5.74) is 0.418. The van der Waals surface area contributed by atoms with Crippen LogP contribution in [0, 0.1) is 11.3 Å². The zero-order chi connectivity index (χ0) is 14.5. The van der Waals surface area contributed by atoms with Gasteiger partial charge in [-0.3, -0.25) is 4.79 Å². The standard InChI is InChI=1S/C15H18N2O3/c1-11(15(19)17-8-6-13(18)7-9-17)20-14-5-3-2-4-12(14)10-16/h2-5,11,13,18H,6-9H2,1H3. The lowest BCUT2D eigenvalue weighted by atomic mass is 10.1. The van der Waals surface area contributed by atoms with Gasteiger partial charge in [0.1, 0.15) is 11.8 Å². The van der Waals surface area contributed by atoms with Crippen molar-refractivity contribution in [2.45, 2.75) is 32.0 Å². The minimum Gasteiger partial charge on any atom is -0.480 e. The first-order chi connectivity index (χ1) is 9.61. The number of hydrogen-bond acceptors (Lipinski definition) is 4. The number of nitrogens with zero attached hydrogens (tertiary/aromatic N) is 2. The smallest absolute Gasteiger partial charge is 0.263 e. The van der Waals surface area contributed by atoms with E-state index in [1.54, 1.807) is 36.1 Å². The molecule has 1 aromatic rings. The number of hydrogen-bond donors (Lipinski definition) is 1. The third kappa shape index (κ3) is 3.28. The number of rotatable bonds is 3. The van der Waals surface area contributed by atoms with Crippen molar-refractivity contribution in [3.63, 3.8) is 0 Å². The van der Waals surface area contributed by atoms with Crippen LogP contribution in [0.1, 0.15) is 25.3 Å². The lowest BCUT2D eigenvalue weighted by Gasteiger charge is -2.31. The Morgan fingerprint density at radius 1 is 1.45 bits per heavy atom. The molecule has 106 valence electrons. The second-order valence-electron chi connectivity index (χ2n) is 4.92. The number of para-hydroxylation sites is 1. The van der Waals surface area contributed by atoms with Crippen LogP contribution in [-0.4, -0.2) is 41.2 Å². The Morgan fingerprint density at radius 3 is 2.75 bits per heavy atom. The molecular formula is C15H18N2O3. The van der Waals surface area contributed by atoms with Crippen molar-refractivity contribution in [2.75, 3.05) is 13.1 Å². The molecule has 0 aliphatic carbocycles. The summed E-state index contributed by atoms with van der Waals surface area (Å²) in [7, 11) is 0. The molecule has 1 N–H and O–H groups in total. The number of carbonyl (C=O) groups is 1. The second kappa shape index (κ2) is 6.40. The molecule has 1 aliphatic heterocycles. The average molecular weight is 274 g/mol. The van der Waals surface area contributed by atoms with Gasteiger partial charge >= 0.3 is 0 Å². The molecule has 20 heavy (non-hydrogen) atoms. The van der Waals surface area contributed by atoms with E-state index in [-0.39, 0.29) is 12.0 Å². The van der Waals surface area contributed by atoms with Crippen molar-refractivity contribution < 1.29 is 14.6 Å². The van der Waals surface area contributed by atoms with Crippen molar-refractivity contribution in [3.05, 3.63) is 29.8 Å². The summed E-state index contributed by atoms with van der Waals surface area (Å²) in [6.45, 7) is 2.78. The van der Waals surface area contributed by atoms with Gasteiger partial charge in [-0.05, 0) is 31.9 Å². The van der Waals surface area contributed by atoms with Crippen LogP contribution in [0.25, 0.3) is 0 Å². The molecule has 0 aromatic heterocycles. The number of benzene rings is 1. The minimum atomic E-state index is -0.639.